The molecule has 0 radical (unpaired) electrons. The molecule has 1 aromatic rings. The molecule has 1 N–H and O–H groups in total. The van der Waals surface area contributed by atoms with Gasteiger partial charge in [-0.3, -0.25) is 4.79 Å². The molecule has 0 bridgehead atoms. The van der Waals surface area contributed by atoms with Gasteiger partial charge in [0.1, 0.15) is 0 Å². The van der Waals surface area contributed by atoms with Crippen molar-refractivity contribution < 1.29 is 5.11 Å². The van der Waals surface area contributed by atoms with Crippen LogP contribution in [0.4, 0.5) is 0 Å². The molecule has 0 fully saturated rings. The van der Waals surface area contributed by atoms with Gasteiger partial charge in [-0.05, 0) is 30.7 Å². The number of hydrogen-bond donors (Lipinski definition) is 1. The summed E-state index contributed by atoms with van der Waals surface area (Å²) < 4.78 is 0.785. The van der Waals surface area contributed by atoms with Crippen LogP contribution in [-0.2, 0) is 0 Å². The zero-order chi connectivity index (χ0) is 8.43. The molecule has 1 aromatic carbocycles. The first-order valence-electron chi connectivity index (χ1n) is 3.10. The van der Waals surface area contributed by atoms with Crippen molar-refractivity contribution in [3.63, 3.8) is 0 Å². The Kier molecular flexibility index (Phi) is 2.29. The maximum atomic E-state index is 10.9. The van der Waals surface area contributed by atoms with Gasteiger partial charge in [-0.25, -0.2) is 0 Å². The first kappa shape index (κ1) is 8.27. The van der Waals surface area contributed by atoms with E-state index in [0.717, 1.165) is 4.47 Å². The normalized spacial score (nSPS) is 9.64. The van der Waals surface area contributed by atoms with Crippen LogP contribution in [0.3, 0.4) is 0 Å². The summed E-state index contributed by atoms with van der Waals surface area (Å²) in [7, 11) is 0. The maximum Gasteiger partial charge on any atom is 0.220 e. The van der Waals surface area contributed by atoms with Crippen molar-refractivity contribution >= 4 is 15.9 Å². The van der Waals surface area contributed by atoms with Gasteiger partial charge in [-0.15, -0.1) is 0 Å². The summed E-state index contributed by atoms with van der Waals surface area (Å²) in [6.45, 7) is 1.68. The van der Waals surface area contributed by atoms with Crippen molar-refractivity contribution in [3.05, 3.63) is 38.5 Å². The third-order valence-corrected chi connectivity index (χ3v) is 1.85. The Morgan fingerprint density at radius 1 is 1.45 bits per heavy atom. The van der Waals surface area contributed by atoms with E-state index in [0.29, 0.717) is 5.56 Å². The monoisotopic (exact) mass is 214 g/mol. The van der Waals surface area contributed by atoms with E-state index in [-0.39, 0.29) is 11.2 Å². The largest absolute Gasteiger partial charge is 0.504 e. The average molecular weight is 215 g/mol. The Bertz CT molecular complexity index is 333. The van der Waals surface area contributed by atoms with Crippen LogP contribution in [-0.4, -0.2) is 5.11 Å². The fourth-order valence-corrected chi connectivity index (χ4v) is 1.23. The molecule has 0 heterocycles. The fraction of sp³-hybridized carbons (Fsp3) is 0.125. The van der Waals surface area contributed by atoms with Gasteiger partial charge in [0, 0.05) is 4.47 Å². The van der Waals surface area contributed by atoms with Crippen molar-refractivity contribution in [1.29, 1.82) is 0 Å². The van der Waals surface area contributed by atoms with Gasteiger partial charge in [0.25, 0.3) is 0 Å². The molecule has 0 saturated heterocycles. The van der Waals surface area contributed by atoms with Gasteiger partial charge in [0.2, 0.25) is 5.43 Å². The molecular weight excluding hydrogens is 208 g/mol. The Hall–Kier alpha value is -0.830. The van der Waals surface area contributed by atoms with Gasteiger partial charge in [0.15, 0.2) is 5.75 Å². The molecule has 2 nitrogen and oxygen atoms in total. The number of rotatable bonds is 0. The zero-order valence-electron chi connectivity index (χ0n) is 5.97. The lowest BCUT2D eigenvalue weighted by molar-refractivity contribution is 0.467. The van der Waals surface area contributed by atoms with E-state index >= 15 is 0 Å². The molecule has 0 aliphatic carbocycles. The summed E-state index contributed by atoms with van der Waals surface area (Å²) in [4.78, 5) is 10.9. The van der Waals surface area contributed by atoms with Crippen LogP contribution in [0.25, 0.3) is 0 Å². The molecule has 0 saturated carbocycles. The van der Waals surface area contributed by atoms with Crippen molar-refractivity contribution in [2.75, 3.05) is 0 Å². The second kappa shape index (κ2) is 3.05. The van der Waals surface area contributed by atoms with Crippen molar-refractivity contribution in [2.45, 2.75) is 6.92 Å². The van der Waals surface area contributed by atoms with Crippen LogP contribution in [0.5, 0.6) is 5.75 Å². The van der Waals surface area contributed by atoms with Gasteiger partial charge < -0.3 is 5.11 Å². The van der Waals surface area contributed by atoms with Crippen LogP contribution in [0.2, 0.25) is 0 Å². The predicted octanol–water partition coefficient (Wildman–Crippen LogP) is 1.82. The van der Waals surface area contributed by atoms with Crippen molar-refractivity contribution in [3.8, 4) is 5.75 Å². The number of aryl methyl sites for hydroxylation is 1. The number of hydrogen-bond acceptors (Lipinski definition) is 2. The Morgan fingerprint density at radius 3 is 2.73 bits per heavy atom. The molecule has 1 rings (SSSR count). The molecule has 0 spiro atoms. The molecule has 11 heavy (non-hydrogen) atoms. The predicted molar refractivity (Wildman–Crippen MR) is 46.8 cm³/mol. The number of aromatic hydroxyl groups is 1. The summed E-state index contributed by atoms with van der Waals surface area (Å²) in [6.07, 6.45) is 0. The standard InChI is InChI=1S/C8H7BrO2/c1-5-4-6(9)2-3-7(10)8(5)11/h2-4H,1H3,(H,10,11). The highest BCUT2D eigenvalue weighted by atomic mass is 79.9. The van der Waals surface area contributed by atoms with E-state index in [2.05, 4.69) is 15.9 Å². The summed E-state index contributed by atoms with van der Waals surface area (Å²) in [5.74, 6) is -0.185. The maximum absolute atomic E-state index is 10.9. The van der Waals surface area contributed by atoms with Crippen LogP contribution in [0, 0.1) is 6.92 Å². The van der Waals surface area contributed by atoms with Crippen molar-refractivity contribution in [1.82, 2.24) is 0 Å². The minimum atomic E-state index is -0.354. The van der Waals surface area contributed by atoms with E-state index in [9.17, 15) is 4.79 Å². The van der Waals surface area contributed by atoms with Gasteiger partial charge in [-0.2, -0.15) is 0 Å². The lowest BCUT2D eigenvalue weighted by Gasteiger charge is -1.87. The third-order valence-electron chi connectivity index (χ3n) is 1.36. The Labute approximate surface area is 72.6 Å². The van der Waals surface area contributed by atoms with Crippen LogP contribution in [0.1, 0.15) is 5.56 Å². The second-order valence-electron chi connectivity index (χ2n) is 2.26. The molecule has 0 amide bonds. The first-order valence-corrected chi connectivity index (χ1v) is 3.90. The van der Waals surface area contributed by atoms with Crippen LogP contribution in [0.15, 0.2) is 27.5 Å². The fourth-order valence-electron chi connectivity index (χ4n) is 0.752. The summed E-state index contributed by atoms with van der Waals surface area (Å²) in [6, 6.07) is 4.62. The van der Waals surface area contributed by atoms with E-state index in [1.165, 1.54) is 6.07 Å². The van der Waals surface area contributed by atoms with Crippen molar-refractivity contribution in [2.24, 2.45) is 0 Å². The molecular formula is C8H7BrO2. The van der Waals surface area contributed by atoms with E-state index in [4.69, 9.17) is 5.11 Å². The highest BCUT2D eigenvalue weighted by Crippen LogP contribution is 2.13. The van der Waals surface area contributed by atoms with Crippen LogP contribution < -0.4 is 5.43 Å². The third kappa shape index (κ3) is 1.80. The molecule has 0 aliphatic heterocycles. The quantitative estimate of drug-likeness (QED) is 0.716. The average Bonchev–Trinajstić information content (AvgIpc) is 2.05. The van der Waals surface area contributed by atoms with Crippen LogP contribution >= 0.6 is 15.9 Å². The zero-order valence-corrected chi connectivity index (χ0v) is 7.55. The molecule has 0 aromatic heterocycles. The second-order valence-corrected chi connectivity index (χ2v) is 3.17. The number of halogens is 1. The van der Waals surface area contributed by atoms with E-state index in [1.807, 2.05) is 0 Å². The molecule has 0 unspecified atom stereocenters. The first-order chi connectivity index (χ1) is 5.11. The molecule has 58 valence electrons. The van der Waals surface area contributed by atoms with Gasteiger partial charge >= 0.3 is 0 Å². The van der Waals surface area contributed by atoms with E-state index in [1.54, 1.807) is 19.1 Å². The smallest absolute Gasteiger partial charge is 0.220 e. The lowest BCUT2D eigenvalue weighted by atomic mass is 10.3. The molecule has 3 heteroatoms. The summed E-state index contributed by atoms with van der Waals surface area (Å²) in [5, 5.41) is 9.16. The van der Waals surface area contributed by atoms with Gasteiger partial charge in [0.05, 0.1) is 0 Å². The Balaban J connectivity index is 3.56. The topological polar surface area (TPSA) is 37.3 Å². The molecule has 0 aliphatic rings. The highest BCUT2D eigenvalue weighted by Gasteiger charge is 1.97. The summed E-state index contributed by atoms with van der Waals surface area (Å²) >= 11 is 3.21. The highest BCUT2D eigenvalue weighted by molar-refractivity contribution is 9.10. The Morgan fingerprint density at radius 2 is 2.09 bits per heavy atom. The minimum Gasteiger partial charge on any atom is -0.504 e. The SMILES string of the molecule is Cc1cc(Br)ccc(=O)c1O. The van der Waals surface area contributed by atoms with E-state index < -0.39 is 0 Å². The molecule has 0 atom stereocenters. The minimum absolute atomic E-state index is 0.185. The van der Waals surface area contributed by atoms with Gasteiger partial charge in [-0.1, -0.05) is 15.9 Å². The lowest BCUT2D eigenvalue weighted by Crippen LogP contribution is -1.93. The summed E-state index contributed by atoms with van der Waals surface area (Å²) in [5.41, 5.74) is 0.222.